The van der Waals surface area contributed by atoms with Crippen molar-refractivity contribution in [2.75, 3.05) is 67.8 Å². The molecule has 3 unspecified atom stereocenters. The van der Waals surface area contributed by atoms with E-state index in [-0.39, 0.29) is 37.6 Å². The number of Topliss-reactive ketones (excluding diaryl/α,β-unsaturated/α-hetero) is 2. The summed E-state index contributed by atoms with van der Waals surface area (Å²) in [6.07, 6.45) is 2.98. The maximum Gasteiger partial charge on any atom is 0.254 e. The van der Waals surface area contributed by atoms with Crippen molar-refractivity contribution in [3.05, 3.63) is 142 Å². The van der Waals surface area contributed by atoms with Gasteiger partial charge in [-0.3, -0.25) is 28.8 Å². The van der Waals surface area contributed by atoms with E-state index in [1.165, 1.54) is 42.0 Å². The SMILES string of the molecule is CCCOC(C)c1ccc(C#Cc2ccc(C(=O)N(C)[C@](C)(C(=O)COC3CCCCO3)C(=O)NC)cc2)cc1.CNC(=O)[C@@](C)(C(=O)CO)N(C)C(=O)c1ccc(C#Cc2ccc(C(C)OCCO)cc2)cc1. The molecule has 5 rings (SSSR count). The smallest absolute Gasteiger partial charge is 0.254 e. The molecule has 4 aromatic carbocycles. The Hall–Kier alpha value is -7.02. The quantitative estimate of drug-likeness (QED) is 0.0634. The van der Waals surface area contributed by atoms with Crippen LogP contribution in [0.4, 0.5) is 0 Å². The van der Waals surface area contributed by atoms with E-state index in [9.17, 15) is 33.9 Å². The first-order chi connectivity index (χ1) is 35.4. The second kappa shape index (κ2) is 29.0. The third-order valence-corrected chi connectivity index (χ3v) is 12.8. The predicted molar refractivity (Wildman–Crippen MR) is 280 cm³/mol. The van der Waals surface area contributed by atoms with Crippen LogP contribution in [0.15, 0.2) is 97.1 Å². The van der Waals surface area contributed by atoms with Crippen molar-refractivity contribution in [2.45, 2.75) is 89.9 Å². The van der Waals surface area contributed by atoms with Gasteiger partial charge in [-0.2, -0.15) is 0 Å². The van der Waals surface area contributed by atoms with E-state index in [2.05, 4.69) is 41.2 Å². The van der Waals surface area contributed by atoms with Crippen LogP contribution in [0.3, 0.4) is 0 Å². The Balaban J connectivity index is 0.000000325. The van der Waals surface area contributed by atoms with E-state index in [0.717, 1.165) is 63.5 Å². The fraction of sp³-hybridized carbons (Fsp3) is 0.414. The largest absolute Gasteiger partial charge is 0.394 e. The maximum atomic E-state index is 13.3. The van der Waals surface area contributed by atoms with Crippen LogP contribution in [-0.4, -0.2) is 140 Å². The van der Waals surface area contributed by atoms with Gasteiger partial charge in [0.1, 0.15) is 13.2 Å². The molecule has 4 N–H and O–H groups in total. The minimum atomic E-state index is -1.84. The number of likely N-dealkylation sites (N-methyl/N-ethyl adjacent to an activating group) is 4. The number of benzene rings is 4. The van der Waals surface area contributed by atoms with Gasteiger partial charge in [0.25, 0.3) is 23.6 Å². The average molecular weight is 1020 g/mol. The summed E-state index contributed by atoms with van der Waals surface area (Å²) in [5, 5.41) is 23.0. The molecule has 0 radical (unpaired) electrons. The van der Waals surface area contributed by atoms with Gasteiger partial charge in [-0.05, 0) is 137 Å². The van der Waals surface area contributed by atoms with Crippen molar-refractivity contribution in [3.63, 3.8) is 0 Å². The molecule has 394 valence electrons. The summed E-state index contributed by atoms with van der Waals surface area (Å²) in [5.41, 5.74) is 2.17. The molecule has 16 nitrogen and oxygen atoms in total. The molecule has 1 heterocycles. The normalized spacial score (nSPS) is 15.3. The number of amides is 4. The maximum absolute atomic E-state index is 13.3. The van der Waals surface area contributed by atoms with Crippen molar-refractivity contribution < 1.29 is 57.9 Å². The van der Waals surface area contributed by atoms with Gasteiger partial charge in [0, 0.05) is 74.8 Å². The summed E-state index contributed by atoms with van der Waals surface area (Å²) >= 11 is 0. The minimum absolute atomic E-state index is 0.0251. The van der Waals surface area contributed by atoms with Crippen molar-refractivity contribution in [1.82, 2.24) is 20.4 Å². The highest BCUT2D eigenvalue weighted by atomic mass is 16.7. The Morgan fingerprint density at radius 2 is 1.03 bits per heavy atom. The number of carbonyl (C=O) groups is 6. The summed E-state index contributed by atoms with van der Waals surface area (Å²) in [4.78, 5) is 79.1. The molecule has 1 aliphatic heterocycles. The number of hydrogen-bond acceptors (Lipinski definition) is 12. The highest BCUT2D eigenvalue weighted by Gasteiger charge is 2.47. The number of hydrogen-bond donors (Lipinski definition) is 4. The second-order valence-corrected chi connectivity index (χ2v) is 17.8. The predicted octanol–water partition coefficient (Wildman–Crippen LogP) is 5.56. The fourth-order valence-electron chi connectivity index (χ4n) is 7.59. The zero-order chi connectivity index (χ0) is 54.4. The summed E-state index contributed by atoms with van der Waals surface area (Å²) in [7, 11) is 5.58. The van der Waals surface area contributed by atoms with Crippen molar-refractivity contribution in [3.8, 4) is 23.7 Å². The standard InChI is InChI=1S/C32H40N2O6.C26H30N2O6/c1-6-20-38-23(2)26-16-12-24(13-17-26)10-11-25-14-18-27(19-15-25)30(36)34(5)32(3,31(37)33-4)28(35)22-40-29-9-7-8-21-39-29;1-18(34-16-15-29)21-11-7-19(8-12-21)5-6-20-9-13-22(14-10-20)24(32)28(4)26(2,23(31)17-30)25(33)27-3/h12-19,23,29H,6-9,20-22H2,1-5H3,(H,33,37);7-14,18,29-30H,15-17H2,1-4H3,(H,27,33)/t23?,29?,32-;18?,26-/m11/s1. The van der Waals surface area contributed by atoms with Crippen LogP contribution in [0.25, 0.3) is 0 Å². The van der Waals surface area contributed by atoms with E-state index in [0.29, 0.717) is 24.2 Å². The van der Waals surface area contributed by atoms with E-state index in [1.54, 1.807) is 48.5 Å². The Morgan fingerprint density at radius 3 is 1.38 bits per heavy atom. The Kier molecular flexibility index (Phi) is 23.4. The lowest BCUT2D eigenvalue weighted by atomic mass is 9.92. The number of nitrogens with one attached hydrogen (secondary N) is 2. The number of rotatable bonds is 20. The first kappa shape index (κ1) is 59.5. The molecular weight excluding hydrogens is 945 g/mol. The van der Waals surface area contributed by atoms with Crippen LogP contribution >= 0.6 is 0 Å². The first-order valence-corrected chi connectivity index (χ1v) is 24.6. The van der Waals surface area contributed by atoms with Gasteiger partial charge >= 0.3 is 0 Å². The van der Waals surface area contributed by atoms with Crippen LogP contribution in [0.1, 0.15) is 127 Å². The molecule has 4 amide bonds. The third kappa shape index (κ3) is 15.7. The monoisotopic (exact) mass is 1010 g/mol. The van der Waals surface area contributed by atoms with Gasteiger partial charge in [-0.1, -0.05) is 54.9 Å². The molecule has 0 spiro atoms. The average Bonchev–Trinajstić information content (AvgIpc) is 3.45. The molecule has 16 heteroatoms. The Labute approximate surface area is 435 Å². The van der Waals surface area contributed by atoms with Gasteiger partial charge in [-0.25, -0.2) is 0 Å². The molecule has 1 fully saturated rings. The van der Waals surface area contributed by atoms with E-state index in [4.69, 9.17) is 24.1 Å². The van der Waals surface area contributed by atoms with Gasteiger partial charge in [0.15, 0.2) is 28.9 Å². The molecule has 0 aliphatic carbocycles. The molecule has 1 saturated heterocycles. The molecule has 5 atom stereocenters. The summed E-state index contributed by atoms with van der Waals surface area (Å²) in [5.74, 6) is 8.73. The third-order valence-electron chi connectivity index (χ3n) is 12.8. The fourth-order valence-corrected chi connectivity index (χ4v) is 7.59. The van der Waals surface area contributed by atoms with Gasteiger partial charge in [0.05, 0.1) is 25.4 Å². The lowest BCUT2D eigenvalue weighted by Crippen LogP contribution is -2.62. The zero-order valence-corrected chi connectivity index (χ0v) is 43.9. The molecule has 0 bridgehead atoms. The van der Waals surface area contributed by atoms with Gasteiger partial charge < -0.3 is 49.6 Å². The van der Waals surface area contributed by atoms with Crippen LogP contribution in [0.5, 0.6) is 0 Å². The summed E-state index contributed by atoms with van der Waals surface area (Å²) < 4.78 is 22.4. The van der Waals surface area contributed by atoms with Crippen molar-refractivity contribution in [1.29, 1.82) is 0 Å². The number of ketones is 2. The van der Waals surface area contributed by atoms with Gasteiger partial charge in [-0.15, -0.1) is 0 Å². The zero-order valence-electron chi connectivity index (χ0n) is 43.9. The Morgan fingerprint density at radius 1 is 0.635 bits per heavy atom. The second-order valence-electron chi connectivity index (χ2n) is 17.8. The van der Waals surface area contributed by atoms with Crippen molar-refractivity contribution in [2.24, 2.45) is 0 Å². The minimum Gasteiger partial charge on any atom is -0.394 e. The number of ether oxygens (including phenoxy) is 4. The lowest BCUT2D eigenvalue weighted by molar-refractivity contribution is -0.174. The summed E-state index contributed by atoms with van der Waals surface area (Å²) in [6.45, 7) is 9.09. The molecule has 4 aromatic rings. The number of nitrogens with zero attached hydrogens (tertiary/aromatic N) is 2. The highest BCUT2D eigenvalue weighted by Crippen LogP contribution is 2.23. The van der Waals surface area contributed by atoms with Crippen LogP contribution < -0.4 is 10.6 Å². The molecule has 74 heavy (non-hydrogen) atoms. The highest BCUT2D eigenvalue weighted by molar-refractivity contribution is 6.15. The van der Waals surface area contributed by atoms with Gasteiger partial charge in [0.2, 0.25) is 0 Å². The first-order valence-electron chi connectivity index (χ1n) is 24.6. The van der Waals surface area contributed by atoms with E-state index >= 15 is 0 Å². The lowest BCUT2D eigenvalue weighted by Gasteiger charge is -2.36. The number of aliphatic hydroxyl groups excluding tert-OH is 2. The number of carbonyl (C=O) groups excluding carboxylic acids is 6. The molecule has 0 aromatic heterocycles. The number of aliphatic hydroxyl groups is 2. The Bertz CT molecular complexity index is 2630. The van der Waals surface area contributed by atoms with Crippen LogP contribution in [0, 0.1) is 23.7 Å². The van der Waals surface area contributed by atoms with Crippen LogP contribution in [0.2, 0.25) is 0 Å². The van der Waals surface area contributed by atoms with Crippen LogP contribution in [-0.2, 0) is 38.1 Å². The van der Waals surface area contributed by atoms with E-state index in [1.807, 2.05) is 62.4 Å². The topological polar surface area (TPSA) is 210 Å². The molecule has 1 aliphatic rings. The van der Waals surface area contributed by atoms with E-state index < -0.39 is 59.2 Å². The summed E-state index contributed by atoms with van der Waals surface area (Å²) in [6, 6.07) is 28.8. The molecular formula is C58H70N4O12. The van der Waals surface area contributed by atoms with Crippen molar-refractivity contribution >= 4 is 35.2 Å². The molecule has 0 saturated carbocycles.